The van der Waals surface area contributed by atoms with Crippen LogP contribution in [0.15, 0.2) is 12.1 Å². The Morgan fingerprint density at radius 3 is 2.26 bits per heavy atom. The topological polar surface area (TPSA) is 58.4 Å². The van der Waals surface area contributed by atoms with Crippen LogP contribution in [0.2, 0.25) is 0 Å². The van der Waals surface area contributed by atoms with E-state index in [1.165, 1.54) is 0 Å². The van der Waals surface area contributed by atoms with Crippen LogP contribution in [0.1, 0.15) is 44.6 Å². The van der Waals surface area contributed by atoms with Crippen LogP contribution in [0.5, 0.6) is 0 Å². The molecule has 0 aliphatic heterocycles. The SMILES string of the molecule is Cc1cc2nc(CO)n(CC(=O)N(C(C)C)C(C)C)c2cc1C. The van der Waals surface area contributed by atoms with Gasteiger partial charge in [0, 0.05) is 12.1 Å². The molecule has 0 unspecified atom stereocenters. The van der Waals surface area contributed by atoms with Gasteiger partial charge in [0.15, 0.2) is 0 Å². The smallest absolute Gasteiger partial charge is 0.243 e. The van der Waals surface area contributed by atoms with Crippen molar-refractivity contribution in [2.45, 2.75) is 66.8 Å². The molecule has 1 N–H and O–H groups in total. The number of aliphatic hydroxyl groups excluding tert-OH is 1. The number of fused-ring (bicyclic) bond motifs is 1. The molecule has 0 atom stereocenters. The van der Waals surface area contributed by atoms with Gasteiger partial charge >= 0.3 is 0 Å². The molecule has 1 amide bonds. The third-order valence-electron chi connectivity index (χ3n) is 4.28. The van der Waals surface area contributed by atoms with E-state index in [1.807, 2.05) is 63.1 Å². The summed E-state index contributed by atoms with van der Waals surface area (Å²) in [6.45, 7) is 12.2. The van der Waals surface area contributed by atoms with E-state index in [0.717, 1.165) is 22.2 Å². The number of aromatic nitrogens is 2. The summed E-state index contributed by atoms with van der Waals surface area (Å²) in [6.07, 6.45) is 0. The average molecular weight is 317 g/mol. The predicted molar refractivity (Wildman–Crippen MR) is 92.2 cm³/mol. The van der Waals surface area contributed by atoms with Crippen molar-refractivity contribution in [2.24, 2.45) is 0 Å². The highest BCUT2D eigenvalue weighted by Crippen LogP contribution is 2.21. The van der Waals surface area contributed by atoms with Gasteiger partial charge in [-0.25, -0.2) is 4.98 Å². The Hall–Kier alpha value is -1.88. The molecular formula is C18H27N3O2. The number of amides is 1. The van der Waals surface area contributed by atoms with Gasteiger partial charge in [-0.15, -0.1) is 0 Å². The molecule has 5 heteroatoms. The lowest BCUT2D eigenvalue weighted by molar-refractivity contribution is -0.135. The van der Waals surface area contributed by atoms with E-state index in [4.69, 9.17) is 0 Å². The number of imidazole rings is 1. The molecule has 0 radical (unpaired) electrons. The number of rotatable bonds is 5. The van der Waals surface area contributed by atoms with Crippen LogP contribution in [-0.2, 0) is 17.9 Å². The Balaban J connectivity index is 2.46. The van der Waals surface area contributed by atoms with Gasteiger partial charge in [-0.2, -0.15) is 0 Å². The Kier molecular flexibility index (Phi) is 5.09. The van der Waals surface area contributed by atoms with Crippen molar-refractivity contribution in [1.82, 2.24) is 14.5 Å². The van der Waals surface area contributed by atoms with Crippen molar-refractivity contribution >= 4 is 16.9 Å². The first-order valence-electron chi connectivity index (χ1n) is 8.14. The molecule has 0 aliphatic carbocycles. The maximum atomic E-state index is 12.8. The number of carbonyl (C=O) groups is 1. The zero-order chi connectivity index (χ0) is 17.3. The minimum atomic E-state index is -0.177. The van der Waals surface area contributed by atoms with Gasteiger partial charge in [0.05, 0.1) is 11.0 Å². The molecule has 0 bridgehead atoms. The number of benzene rings is 1. The number of carbonyl (C=O) groups excluding carboxylic acids is 1. The van der Waals surface area contributed by atoms with E-state index in [1.54, 1.807) is 0 Å². The molecule has 0 spiro atoms. The number of nitrogens with zero attached hydrogens (tertiary/aromatic N) is 3. The van der Waals surface area contributed by atoms with Crippen LogP contribution in [0.4, 0.5) is 0 Å². The largest absolute Gasteiger partial charge is 0.388 e. The molecule has 1 heterocycles. The van der Waals surface area contributed by atoms with E-state index >= 15 is 0 Å². The minimum absolute atomic E-state index is 0.0437. The summed E-state index contributed by atoms with van der Waals surface area (Å²) >= 11 is 0. The van der Waals surface area contributed by atoms with Crippen molar-refractivity contribution in [3.8, 4) is 0 Å². The predicted octanol–water partition coefficient (Wildman–Crippen LogP) is 2.79. The molecule has 1 aromatic heterocycles. The third-order valence-corrected chi connectivity index (χ3v) is 4.28. The molecular weight excluding hydrogens is 290 g/mol. The Morgan fingerprint density at radius 1 is 1.17 bits per heavy atom. The summed E-state index contributed by atoms with van der Waals surface area (Å²) in [4.78, 5) is 19.1. The van der Waals surface area contributed by atoms with Crippen molar-refractivity contribution in [3.63, 3.8) is 0 Å². The lowest BCUT2D eigenvalue weighted by atomic mass is 10.1. The first-order valence-corrected chi connectivity index (χ1v) is 8.14. The van der Waals surface area contributed by atoms with Gasteiger partial charge in [0.1, 0.15) is 19.0 Å². The fourth-order valence-corrected chi connectivity index (χ4v) is 3.12. The summed E-state index contributed by atoms with van der Waals surface area (Å²) in [6, 6.07) is 4.32. The Labute approximate surface area is 137 Å². The Bertz CT molecular complexity index is 709. The molecule has 1 aromatic carbocycles. The van der Waals surface area contributed by atoms with Gasteiger partial charge in [-0.05, 0) is 64.8 Å². The van der Waals surface area contributed by atoms with Crippen molar-refractivity contribution in [1.29, 1.82) is 0 Å². The van der Waals surface area contributed by atoms with Gasteiger partial charge in [0.2, 0.25) is 5.91 Å². The molecule has 0 fully saturated rings. The average Bonchev–Trinajstić information content (AvgIpc) is 2.76. The van der Waals surface area contributed by atoms with Gasteiger partial charge in [0.25, 0.3) is 0 Å². The van der Waals surface area contributed by atoms with Crippen molar-refractivity contribution < 1.29 is 9.90 Å². The van der Waals surface area contributed by atoms with Crippen molar-refractivity contribution in [3.05, 3.63) is 29.1 Å². The van der Waals surface area contributed by atoms with Gasteiger partial charge in [-0.1, -0.05) is 0 Å². The molecule has 2 rings (SSSR count). The maximum Gasteiger partial charge on any atom is 0.243 e. The number of hydrogen-bond acceptors (Lipinski definition) is 3. The highest BCUT2D eigenvalue weighted by Gasteiger charge is 2.22. The summed E-state index contributed by atoms with van der Waals surface area (Å²) in [7, 11) is 0. The lowest BCUT2D eigenvalue weighted by Crippen LogP contribution is -2.43. The van der Waals surface area contributed by atoms with Gasteiger partial charge in [-0.3, -0.25) is 4.79 Å². The van der Waals surface area contributed by atoms with E-state index in [0.29, 0.717) is 5.82 Å². The van der Waals surface area contributed by atoms with Crippen molar-refractivity contribution in [2.75, 3.05) is 0 Å². The highest BCUT2D eigenvalue weighted by atomic mass is 16.3. The highest BCUT2D eigenvalue weighted by molar-refractivity contribution is 5.82. The summed E-state index contributed by atoms with van der Waals surface area (Å²) < 4.78 is 1.84. The van der Waals surface area contributed by atoms with Crippen LogP contribution in [0.3, 0.4) is 0 Å². The lowest BCUT2D eigenvalue weighted by Gasteiger charge is -2.31. The van der Waals surface area contributed by atoms with Crippen LogP contribution >= 0.6 is 0 Å². The summed E-state index contributed by atoms with van der Waals surface area (Å²) in [5.74, 6) is 0.577. The van der Waals surface area contributed by atoms with Gasteiger partial charge < -0.3 is 14.6 Å². The van der Waals surface area contributed by atoms with Crippen LogP contribution in [0, 0.1) is 13.8 Å². The number of hydrogen-bond donors (Lipinski definition) is 1. The molecule has 0 saturated carbocycles. The zero-order valence-corrected chi connectivity index (χ0v) is 14.9. The number of aryl methyl sites for hydroxylation is 2. The summed E-state index contributed by atoms with van der Waals surface area (Å²) in [5.41, 5.74) is 4.03. The second-order valence-electron chi connectivity index (χ2n) is 6.69. The quantitative estimate of drug-likeness (QED) is 0.922. The second-order valence-corrected chi connectivity index (χ2v) is 6.69. The third kappa shape index (κ3) is 3.39. The fraction of sp³-hybridized carbons (Fsp3) is 0.556. The molecule has 2 aromatic rings. The summed E-state index contributed by atoms with van der Waals surface area (Å²) in [5, 5.41) is 9.62. The number of aliphatic hydroxyl groups is 1. The van der Waals surface area contributed by atoms with E-state index in [2.05, 4.69) is 4.98 Å². The second kappa shape index (κ2) is 6.71. The first kappa shape index (κ1) is 17.5. The maximum absolute atomic E-state index is 12.8. The zero-order valence-electron chi connectivity index (χ0n) is 14.9. The fourth-order valence-electron chi connectivity index (χ4n) is 3.12. The van der Waals surface area contributed by atoms with E-state index < -0.39 is 0 Å². The van der Waals surface area contributed by atoms with Crippen LogP contribution < -0.4 is 0 Å². The first-order chi connectivity index (χ1) is 10.8. The van der Waals surface area contributed by atoms with E-state index in [-0.39, 0.29) is 31.1 Å². The Morgan fingerprint density at radius 2 is 1.74 bits per heavy atom. The van der Waals surface area contributed by atoms with Crippen LogP contribution in [0.25, 0.3) is 11.0 Å². The minimum Gasteiger partial charge on any atom is -0.388 e. The standard InChI is InChI=1S/C18H27N3O2/c1-11(2)21(12(3)4)18(23)9-20-16-8-14(6)13(5)7-15(16)19-17(20)10-22/h7-8,11-12,22H,9-10H2,1-6H3. The van der Waals surface area contributed by atoms with E-state index in [9.17, 15) is 9.90 Å². The van der Waals surface area contributed by atoms with Crippen LogP contribution in [-0.4, -0.2) is 37.5 Å². The molecule has 0 saturated heterocycles. The normalized spacial score (nSPS) is 11.7. The monoisotopic (exact) mass is 317 g/mol. The molecule has 0 aliphatic rings. The molecule has 23 heavy (non-hydrogen) atoms. The molecule has 126 valence electrons. The molecule has 5 nitrogen and oxygen atoms in total.